The van der Waals surface area contributed by atoms with Crippen LogP contribution in [-0.4, -0.2) is 88.4 Å². The highest BCUT2D eigenvalue weighted by Crippen LogP contribution is 2.23. The Morgan fingerprint density at radius 1 is 0.600 bits per heavy atom. The molecule has 0 radical (unpaired) electrons. The van der Waals surface area contributed by atoms with E-state index in [2.05, 4.69) is 19.2 Å². The SMILES string of the molecule is CCCCCCCCCCCCCC=C[C@@H](OC(=O)c1ccccc1)[C@H](CO[C@@H]1O[C@H](CO)[C@H](O)[C@H](O)[C@H]1O)NC(=O)C=CCCCCCCCCCCCCCCCCCCCCC. The lowest BCUT2D eigenvalue weighted by molar-refractivity contribution is -0.302. The predicted molar refractivity (Wildman–Crippen MR) is 265 cm³/mol. The predicted octanol–water partition coefficient (Wildman–Crippen LogP) is 12.1. The average Bonchev–Trinajstić information content (AvgIpc) is 3.31. The minimum absolute atomic E-state index is 0.267. The molecule has 1 aliphatic rings. The largest absolute Gasteiger partial charge is 0.452 e. The summed E-state index contributed by atoms with van der Waals surface area (Å²) in [6, 6.07) is 7.73. The first-order valence-corrected chi connectivity index (χ1v) is 26.6. The topological polar surface area (TPSA) is 155 Å². The van der Waals surface area contributed by atoms with Gasteiger partial charge in [0.25, 0.3) is 0 Å². The summed E-state index contributed by atoms with van der Waals surface area (Å²) < 4.78 is 17.5. The van der Waals surface area contributed by atoms with E-state index < -0.39 is 55.4 Å². The molecule has 1 aromatic rings. The Bertz CT molecular complexity index is 1320. The summed E-state index contributed by atoms with van der Waals surface area (Å²) in [5.41, 5.74) is 0.357. The number of hydrogen-bond donors (Lipinski definition) is 5. The zero-order valence-electron chi connectivity index (χ0n) is 41.1. The molecule has 0 bridgehead atoms. The first-order chi connectivity index (χ1) is 31.8. The molecule has 7 atom stereocenters. The van der Waals surface area contributed by atoms with E-state index in [-0.39, 0.29) is 12.5 Å². The molecule has 0 unspecified atom stereocenters. The lowest BCUT2D eigenvalue weighted by Crippen LogP contribution is -2.60. The second kappa shape index (κ2) is 40.5. The number of nitrogens with one attached hydrogen (secondary N) is 1. The van der Waals surface area contributed by atoms with Crippen LogP contribution in [0, 0.1) is 0 Å². The van der Waals surface area contributed by atoms with E-state index in [1.54, 1.807) is 30.3 Å². The van der Waals surface area contributed by atoms with Crippen molar-refractivity contribution in [2.24, 2.45) is 0 Å². The number of allylic oxidation sites excluding steroid dienone is 2. The van der Waals surface area contributed by atoms with Gasteiger partial charge in [-0.3, -0.25) is 4.79 Å². The van der Waals surface area contributed by atoms with Gasteiger partial charge in [-0.1, -0.05) is 224 Å². The van der Waals surface area contributed by atoms with E-state index >= 15 is 0 Å². The van der Waals surface area contributed by atoms with Crippen LogP contribution in [0.5, 0.6) is 0 Å². The number of benzene rings is 1. The van der Waals surface area contributed by atoms with Crippen LogP contribution < -0.4 is 5.32 Å². The molecule has 0 aliphatic carbocycles. The number of aliphatic hydroxyl groups excluding tert-OH is 4. The second-order valence-electron chi connectivity index (χ2n) is 18.7. The van der Waals surface area contributed by atoms with Gasteiger partial charge in [-0.15, -0.1) is 0 Å². The van der Waals surface area contributed by atoms with Gasteiger partial charge < -0.3 is 40.0 Å². The molecule has 5 N–H and O–H groups in total. The molecule has 1 fully saturated rings. The van der Waals surface area contributed by atoms with Gasteiger partial charge in [-0.2, -0.15) is 0 Å². The van der Waals surface area contributed by atoms with Gasteiger partial charge in [0.05, 0.1) is 24.8 Å². The minimum Gasteiger partial charge on any atom is -0.452 e. The van der Waals surface area contributed by atoms with Gasteiger partial charge in [0.1, 0.15) is 30.5 Å². The number of unbranched alkanes of at least 4 members (excludes halogenated alkanes) is 30. The summed E-state index contributed by atoms with van der Waals surface area (Å²) in [6.45, 7) is 3.65. The number of carbonyl (C=O) groups excluding carboxylic acids is 2. The molecule has 10 nitrogen and oxygen atoms in total. The Hall–Kier alpha value is -2.60. The fourth-order valence-corrected chi connectivity index (χ4v) is 8.56. The zero-order chi connectivity index (χ0) is 47.0. The highest BCUT2D eigenvalue weighted by Gasteiger charge is 2.44. The molecule has 1 saturated heterocycles. The van der Waals surface area contributed by atoms with Crippen LogP contribution >= 0.6 is 0 Å². The maximum atomic E-state index is 13.4. The highest BCUT2D eigenvalue weighted by molar-refractivity contribution is 5.90. The number of esters is 1. The first kappa shape index (κ1) is 58.5. The Labute approximate surface area is 395 Å². The standard InChI is InChI=1S/C55H95NO9/c1-3-5-7-9-11-13-15-17-18-19-20-21-22-23-24-26-28-30-32-34-39-43-50(58)56-47(45-63-55-53(61)52(60)51(59)49(44-57)65-55)48(64-54(62)46-40-36-35-37-41-46)42-38-33-31-29-27-25-16-14-12-10-8-6-4-2/h35-43,47-49,51-53,55,57,59-61H,3-34,44-45H2,1-2H3,(H,56,58)/t47-,48+,49+,51-,52-,53+,55+/m0/s1. The lowest BCUT2D eigenvalue weighted by Gasteiger charge is -2.40. The fraction of sp³-hybridized carbons (Fsp3) is 0.782. The van der Waals surface area contributed by atoms with Crippen molar-refractivity contribution in [1.29, 1.82) is 0 Å². The van der Waals surface area contributed by atoms with Crippen LogP contribution in [0.1, 0.15) is 230 Å². The van der Waals surface area contributed by atoms with Crippen molar-refractivity contribution in [3.05, 3.63) is 60.2 Å². The third kappa shape index (κ3) is 29.0. The number of carbonyl (C=O) groups is 2. The molecule has 0 aromatic heterocycles. The number of hydrogen-bond acceptors (Lipinski definition) is 9. The van der Waals surface area contributed by atoms with Crippen LogP contribution in [0.2, 0.25) is 0 Å². The molecule has 0 saturated carbocycles. The quantitative estimate of drug-likeness (QED) is 0.0187. The van der Waals surface area contributed by atoms with Gasteiger partial charge in [-0.25, -0.2) is 4.79 Å². The summed E-state index contributed by atoms with van der Waals surface area (Å²) >= 11 is 0. The molecular formula is C55H95NO9. The molecular weight excluding hydrogens is 819 g/mol. The molecule has 10 heteroatoms. The lowest BCUT2D eigenvalue weighted by atomic mass is 9.99. The number of ether oxygens (including phenoxy) is 3. The molecule has 1 amide bonds. The van der Waals surface area contributed by atoms with Gasteiger partial charge >= 0.3 is 5.97 Å². The molecule has 1 aromatic carbocycles. The fourth-order valence-electron chi connectivity index (χ4n) is 8.56. The maximum absolute atomic E-state index is 13.4. The van der Waals surface area contributed by atoms with Crippen molar-refractivity contribution in [1.82, 2.24) is 5.32 Å². The Morgan fingerprint density at radius 2 is 1.03 bits per heavy atom. The summed E-state index contributed by atoms with van der Waals surface area (Å²) in [6.07, 6.45) is 39.2. The molecule has 65 heavy (non-hydrogen) atoms. The van der Waals surface area contributed by atoms with Crippen molar-refractivity contribution in [2.75, 3.05) is 13.2 Å². The van der Waals surface area contributed by atoms with Crippen LogP contribution in [0.15, 0.2) is 54.6 Å². The normalized spacial score (nSPS) is 19.8. The third-order valence-corrected chi connectivity index (χ3v) is 12.8. The van der Waals surface area contributed by atoms with Gasteiger partial charge in [0, 0.05) is 0 Å². The van der Waals surface area contributed by atoms with E-state index in [1.165, 1.54) is 173 Å². The summed E-state index contributed by atoms with van der Waals surface area (Å²) in [7, 11) is 0. The Kier molecular flexibility index (Phi) is 36.4. The molecule has 0 spiro atoms. The van der Waals surface area contributed by atoms with Crippen molar-refractivity contribution in [3.8, 4) is 0 Å². The van der Waals surface area contributed by atoms with Crippen molar-refractivity contribution in [2.45, 2.75) is 262 Å². The van der Waals surface area contributed by atoms with Crippen LogP contribution in [0.25, 0.3) is 0 Å². The average molecular weight is 914 g/mol. The minimum atomic E-state index is -1.62. The molecule has 1 heterocycles. The van der Waals surface area contributed by atoms with Crippen molar-refractivity contribution < 1.29 is 44.2 Å². The molecule has 374 valence electrons. The highest BCUT2D eigenvalue weighted by atomic mass is 16.7. The third-order valence-electron chi connectivity index (χ3n) is 12.8. The maximum Gasteiger partial charge on any atom is 0.338 e. The monoisotopic (exact) mass is 914 g/mol. The van der Waals surface area contributed by atoms with Gasteiger partial charge in [0.15, 0.2) is 6.29 Å². The Morgan fingerprint density at radius 3 is 1.48 bits per heavy atom. The number of rotatable bonds is 42. The van der Waals surface area contributed by atoms with Gasteiger partial charge in [0.2, 0.25) is 5.91 Å². The summed E-state index contributed by atoms with van der Waals surface area (Å²) in [5, 5.41) is 44.0. The zero-order valence-corrected chi connectivity index (χ0v) is 41.1. The number of amides is 1. The molecule has 1 aliphatic heterocycles. The number of aliphatic hydroxyl groups is 4. The van der Waals surface area contributed by atoms with E-state index in [0.717, 1.165) is 38.5 Å². The van der Waals surface area contributed by atoms with Crippen LogP contribution in [-0.2, 0) is 19.0 Å². The van der Waals surface area contributed by atoms with Crippen LogP contribution in [0.4, 0.5) is 0 Å². The summed E-state index contributed by atoms with van der Waals surface area (Å²) in [5.74, 6) is -0.952. The Balaban J connectivity index is 1.87. The van der Waals surface area contributed by atoms with E-state index in [9.17, 15) is 30.0 Å². The molecule has 2 rings (SSSR count). The van der Waals surface area contributed by atoms with Crippen molar-refractivity contribution >= 4 is 11.9 Å². The van der Waals surface area contributed by atoms with Crippen LogP contribution in [0.3, 0.4) is 0 Å². The second-order valence-corrected chi connectivity index (χ2v) is 18.7. The van der Waals surface area contributed by atoms with Gasteiger partial charge in [-0.05, 0) is 50.0 Å². The first-order valence-electron chi connectivity index (χ1n) is 26.6. The van der Waals surface area contributed by atoms with E-state index in [1.807, 2.05) is 18.2 Å². The van der Waals surface area contributed by atoms with E-state index in [4.69, 9.17) is 14.2 Å². The smallest absolute Gasteiger partial charge is 0.338 e. The van der Waals surface area contributed by atoms with Crippen molar-refractivity contribution in [3.63, 3.8) is 0 Å². The van der Waals surface area contributed by atoms with E-state index in [0.29, 0.717) is 5.56 Å². The summed E-state index contributed by atoms with van der Waals surface area (Å²) in [4.78, 5) is 26.8.